The Morgan fingerprint density at radius 3 is 2.11 bits per heavy atom. The van der Waals surface area contributed by atoms with Crippen LogP contribution in [0.25, 0.3) is 66.4 Å². The summed E-state index contributed by atoms with van der Waals surface area (Å²) in [6.45, 7) is 0. The molecule has 0 amide bonds. The van der Waals surface area contributed by atoms with Crippen molar-refractivity contribution in [3.63, 3.8) is 0 Å². The topological polar surface area (TPSA) is 4.93 Å². The lowest BCUT2D eigenvalue weighted by Crippen LogP contribution is -2.37. The van der Waals surface area contributed by atoms with E-state index in [2.05, 4.69) is 217 Å². The van der Waals surface area contributed by atoms with Crippen molar-refractivity contribution in [1.82, 2.24) is 4.57 Å². The molecule has 1 aromatic heterocycles. The summed E-state index contributed by atoms with van der Waals surface area (Å²) < 4.78 is 2.45. The van der Waals surface area contributed by atoms with E-state index < -0.39 is 0 Å². The summed E-state index contributed by atoms with van der Waals surface area (Å²) in [4.78, 5) is 0. The monoisotopic (exact) mass is 805 g/mol. The molecule has 1 nitrogen and oxygen atoms in total. The van der Waals surface area contributed by atoms with Crippen LogP contribution in [0.3, 0.4) is 0 Å². The Balaban J connectivity index is 0.948. The van der Waals surface area contributed by atoms with E-state index in [1.54, 1.807) is 5.56 Å². The maximum absolute atomic E-state index is 2.74. The number of aromatic nitrogens is 1. The summed E-state index contributed by atoms with van der Waals surface area (Å²) >= 11 is 0. The Labute approximate surface area is 369 Å². The third kappa shape index (κ3) is 4.94. The molecule has 1 heterocycles. The molecule has 0 N–H and O–H groups in total. The number of hydrogen-bond acceptors (Lipinski definition) is 0. The summed E-state index contributed by atoms with van der Waals surface area (Å²) in [5.74, 6) is 2.47. The van der Waals surface area contributed by atoms with Gasteiger partial charge in [0.25, 0.3) is 0 Å². The van der Waals surface area contributed by atoms with Gasteiger partial charge in [-0.05, 0) is 146 Å². The van der Waals surface area contributed by atoms with Gasteiger partial charge in [0, 0.05) is 33.7 Å². The van der Waals surface area contributed by atoms with Crippen molar-refractivity contribution < 1.29 is 0 Å². The minimum absolute atomic E-state index is 0.167. The lowest BCUT2D eigenvalue weighted by molar-refractivity contribution is 0.339. The summed E-state index contributed by atoms with van der Waals surface area (Å²) in [6.07, 6.45) is 26.2. The average Bonchev–Trinajstić information content (AvgIpc) is 3.84. The van der Waals surface area contributed by atoms with Gasteiger partial charge in [0.05, 0.1) is 11.0 Å². The van der Waals surface area contributed by atoms with E-state index in [4.69, 9.17) is 0 Å². The van der Waals surface area contributed by atoms with Gasteiger partial charge in [0.1, 0.15) is 0 Å². The van der Waals surface area contributed by atoms with Crippen molar-refractivity contribution in [2.45, 2.75) is 36.5 Å². The fourth-order valence-corrected chi connectivity index (χ4v) is 13.6. The largest absolute Gasteiger partial charge is 0.309 e. The first-order valence-corrected chi connectivity index (χ1v) is 23.2. The molecule has 6 aliphatic rings. The lowest BCUT2D eigenvalue weighted by atomic mass is 9.61. The SMILES string of the molecule is C1=CC2c3ccccc3-c3cc4c(cc3C2C=C1)C1(c2ccccc2-4)C2C=CCCCC2[C@@H]2C=CC(c3ccc4c(c3)c3ccccc3n4-c3ccc(-c4ccccc4)cc3)=CC21. The van der Waals surface area contributed by atoms with E-state index in [9.17, 15) is 0 Å². The first kappa shape index (κ1) is 35.6. The summed E-state index contributed by atoms with van der Waals surface area (Å²) in [7, 11) is 0. The van der Waals surface area contributed by atoms with E-state index in [-0.39, 0.29) is 5.41 Å². The predicted molar refractivity (Wildman–Crippen MR) is 262 cm³/mol. The van der Waals surface area contributed by atoms with Crippen LogP contribution in [0.15, 0.2) is 212 Å². The molecule has 0 saturated heterocycles. The zero-order valence-corrected chi connectivity index (χ0v) is 35.2. The van der Waals surface area contributed by atoms with Crippen LogP contribution in [0.1, 0.15) is 58.9 Å². The maximum Gasteiger partial charge on any atom is 0.0541 e. The number of allylic oxidation sites excluding steroid dienone is 10. The normalized spacial score (nSPS) is 25.5. The molecule has 8 aromatic rings. The summed E-state index contributed by atoms with van der Waals surface area (Å²) in [6, 6.07) is 60.0. The van der Waals surface area contributed by atoms with Gasteiger partial charge in [-0.2, -0.15) is 0 Å². The summed E-state index contributed by atoms with van der Waals surface area (Å²) in [5, 5.41) is 2.59. The molecular formula is C62H47N. The number of nitrogens with zero attached hydrogens (tertiary/aromatic N) is 1. The van der Waals surface area contributed by atoms with Gasteiger partial charge in [-0.15, -0.1) is 0 Å². The molecule has 63 heavy (non-hydrogen) atoms. The highest BCUT2D eigenvalue weighted by atomic mass is 15.0. The second kappa shape index (κ2) is 13.5. The number of benzene rings is 7. The smallest absolute Gasteiger partial charge is 0.0541 e. The van der Waals surface area contributed by atoms with E-state index in [0.717, 1.165) is 0 Å². The predicted octanol–water partition coefficient (Wildman–Crippen LogP) is 15.6. The average molecular weight is 806 g/mol. The Morgan fingerprint density at radius 2 is 1.22 bits per heavy atom. The van der Waals surface area contributed by atoms with E-state index in [1.165, 1.54) is 108 Å². The molecule has 0 radical (unpaired) electrons. The van der Waals surface area contributed by atoms with Crippen LogP contribution in [-0.2, 0) is 5.41 Å². The molecule has 6 aliphatic carbocycles. The molecule has 7 atom stereocenters. The van der Waals surface area contributed by atoms with Gasteiger partial charge >= 0.3 is 0 Å². The first-order chi connectivity index (χ1) is 31.3. The first-order valence-electron chi connectivity index (χ1n) is 23.2. The van der Waals surface area contributed by atoms with Crippen LogP contribution in [0.4, 0.5) is 0 Å². The summed E-state index contributed by atoms with van der Waals surface area (Å²) in [5.41, 5.74) is 20.3. The Kier molecular flexibility index (Phi) is 7.64. The fraction of sp³-hybridized carbons (Fsp3) is 0.161. The van der Waals surface area contributed by atoms with Crippen molar-refractivity contribution in [3.05, 3.63) is 240 Å². The van der Waals surface area contributed by atoms with E-state index in [1.807, 2.05) is 0 Å². The molecule has 300 valence electrons. The number of fused-ring (bicyclic) bond motifs is 19. The lowest BCUT2D eigenvalue weighted by Gasteiger charge is -2.41. The van der Waals surface area contributed by atoms with Crippen LogP contribution < -0.4 is 0 Å². The second-order valence-corrected chi connectivity index (χ2v) is 18.9. The second-order valence-electron chi connectivity index (χ2n) is 18.9. The van der Waals surface area contributed by atoms with Crippen LogP contribution >= 0.6 is 0 Å². The molecule has 0 bridgehead atoms. The van der Waals surface area contributed by atoms with Gasteiger partial charge in [-0.25, -0.2) is 0 Å². The van der Waals surface area contributed by atoms with Gasteiger partial charge in [0.2, 0.25) is 0 Å². The van der Waals surface area contributed by atoms with Crippen LogP contribution in [0.2, 0.25) is 0 Å². The molecule has 0 aliphatic heterocycles. The Bertz CT molecular complexity index is 3350. The van der Waals surface area contributed by atoms with Crippen LogP contribution in [-0.4, -0.2) is 4.57 Å². The Morgan fingerprint density at radius 1 is 0.492 bits per heavy atom. The van der Waals surface area contributed by atoms with Crippen molar-refractivity contribution in [3.8, 4) is 39.1 Å². The Hall–Kier alpha value is -6.96. The van der Waals surface area contributed by atoms with Gasteiger partial charge < -0.3 is 4.57 Å². The molecule has 6 unspecified atom stereocenters. The van der Waals surface area contributed by atoms with Crippen molar-refractivity contribution >= 4 is 27.4 Å². The quantitative estimate of drug-likeness (QED) is 0.157. The van der Waals surface area contributed by atoms with Crippen LogP contribution in [0.5, 0.6) is 0 Å². The highest BCUT2D eigenvalue weighted by Gasteiger charge is 2.63. The molecule has 7 aromatic carbocycles. The van der Waals surface area contributed by atoms with Crippen molar-refractivity contribution in [1.29, 1.82) is 0 Å². The van der Waals surface area contributed by atoms with Gasteiger partial charge in [-0.3, -0.25) is 0 Å². The maximum atomic E-state index is 2.74. The third-order valence-electron chi connectivity index (χ3n) is 16.2. The number of para-hydroxylation sites is 1. The molecule has 14 rings (SSSR count). The van der Waals surface area contributed by atoms with Crippen LogP contribution in [0, 0.1) is 23.7 Å². The molecular weight excluding hydrogens is 759 g/mol. The van der Waals surface area contributed by atoms with E-state index in [0.29, 0.717) is 35.5 Å². The molecule has 1 fully saturated rings. The highest BCUT2D eigenvalue weighted by Crippen LogP contribution is 2.69. The number of hydrogen-bond donors (Lipinski definition) is 0. The van der Waals surface area contributed by atoms with E-state index >= 15 is 0 Å². The highest BCUT2D eigenvalue weighted by molar-refractivity contribution is 6.10. The van der Waals surface area contributed by atoms with Gasteiger partial charge in [-0.1, -0.05) is 176 Å². The van der Waals surface area contributed by atoms with Crippen molar-refractivity contribution in [2.75, 3.05) is 0 Å². The number of rotatable bonds is 3. The minimum Gasteiger partial charge on any atom is -0.309 e. The van der Waals surface area contributed by atoms with Crippen molar-refractivity contribution in [2.24, 2.45) is 23.7 Å². The minimum atomic E-state index is -0.167. The zero-order chi connectivity index (χ0) is 41.2. The third-order valence-corrected chi connectivity index (χ3v) is 16.2. The standard InChI is InChI=1S/C62H47N/c1-3-15-39(16-4-1)40-27-31-43(32-28-40)63-60-26-14-12-23-51(60)55-35-41(30-34-61(55)63)42-29-33-50-48-21-5-2-6-24-56(48)62(58(50)36-42)57-25-13-11-22-49(57)54-37-52-46-19-9-7-17-44(46)45-18-8-10-20-47(45)53(52)38-59(54)62/h1,3-4,6-20,22-38,45,47-48,50,56,58H,2,5,21H2/t45?,47?,48?,50-,56?,58?,62?/m0/s1. The molecule has 1 heteroatoms. The zero-order valence-electron chi connectivity index (χ0n) is 35.2. The van der Waals surface area contributed by atoms with Gasteiger partial charge in [0.15, 0.2) is 0 Å². The molecule has 1 spiro atoms. The molecule has 1 saturated carbocycles. The fourth-order valence-electron chi connectivity index (χ4n) is 13.6.